The van der Waals surface area contributed by atoms with Crippen molar-refractivity contribution in [2.75, 3.05) is 19.5 Å². The highest BCUT2D eigenvalue weighted by molar-refractivity contribution is 6.32. The number of rotatable bonds is 4. The van der Waals surface area contributed by atoms with Gasteiger partial charge in [-0.1, -0.05) is 11.6 Å². The van der Waals surface area contributed by atoms with Crippen molar-refractivity contribution in [3.05, 3.63) is 17.2 Å². The highest BCUT2D eigenvalue weighted by Gasteiger charge is 2.23. The van der Waals surface area contributed by atoms with Crippen molar-refractivity contribution in [2.45, 2.75) is 19.4 Å². The van der Waals surface area contributed by atoms with Crippen LogP contribution in [0.25, 0.3) is 0 Å². The quantitative estimate of drug-likeness (QED) is 0.880. The van der Waals surface area contributed by atoms with Crippen molar-refractivity contribution in [3.8, 4) is 11.5 Å². The SMILES string of the molecule is COc1cc(NC(=O)C(C)(C)N)c(OC)cc1Cl. The molecule has 0 aromatic heterocycles. The van der Waals surface area contributed by atoms with Crippen LogP contribution in [-0.4, -0.2) is 25.7 Å². The van der Waals surface area contributed by atoms with Crippen molar-refractivity contribution in [1.29, 1.82) is 0 Å². The summed E-state index contributed by atoms with van der Waals surface area (Å²) >= 11 is 5.96. The molecule has 0 saturated carbocycles. The summed E-state index contributed by atoms with van der Waals surface area (Å²) in [7, 11) is 2.98. The van der Waals surface area contributed by atoms with Crippen molar-refractivity contribution in [1.82, 2.24) is 0 Å². The van der Waals surface area contributed by atoms with E-state index in [-0.39, 0.29) is 5.91 Å². The maximum atomic E-state index is 11.8. The molecule has 1 rings (SSSR count). The van der Waals surface area contributed by atoms with Crippen molar-refractivity contribution in [2.24, 2.45) is 5.73 Å². The van der Waals surface area contributed by atoms with E-state index in [1.54, 1.807) is 26.0 Å². The number of benzene rings is 1. The van der Waals surface area contributed by atoms with Crippen molar-refractivity contribution >= 4 is 23.2 Å². The molecule has 18 heavy (non-hydrogen) atoms. The maximum Gasteiger partial charge on any atom is 0.243 e. The normalized spacial score (nSPS) is 11.0. The molecule has 5 nitrogen and oxygen atoms in total. The van der Waals surface area contributed by atoms with E-state index in [4.69, 9.17) is 26.8 Å². The van der Waals surface area contributed by atoms with Crippen LogP contribution in [-0.2, 0) is 4.79 Å². The molecule has 0 fully saturated rings. The van der Waals surface area contributed by atoms with Crippen LogP contribution in [0.5, 0.6) is 11.5 Å². The lowest BCUT2D eigenvalue weighted by atomic mass is 10.1. The zero-order valence-corrected chi connectivity index (χ0v) is 11.6. The fourth-order valence-electron chi connectivity index (χ4n) is 1.24. The molecule has 0 spiro atoms. The molecular formula is C12H17ClN2O3. The van der Waals surface area contributed by atoms with E-state index in [1.807, 2.05) is 0 Å². The molecule has 100 valence electrons. The number of anilines is 1. The van der Waals surface area contributed by atoms with Crippen LogP contribution in [0.15, 0.2) is 12.1 Å². The molecule has 0 heterocycles. The predicted molar refractivity (Wildman–Crippen MR) is 71.5 cm³/mol. The molecular weight excluding hydrogens is 256 g/mol. The van der Waals surface area contributed by atoms with E-state index in [0.29, 0.717) is 22.2 Å². The lowest BCUT2D eigenvalue weighted by Crippen LogP contribution is -2.45. The summed E-state index contributed by atoms with van der Waals surface area (Å²) in [4.78, 5) is 11.8. The van der Waals surface area contributed by atoms with Gasteiger partial charge in [0.25, 0.3) is 0 Å². The summed E-state index contributed by atoms with van der Waals surface area (Å²) in [5.74, 6) is 0.561. The first-order chi connectivity index (χ1) is 8.29. The molecule has 0 aliphatic rings. The molecule has 6 heteroatoms. The lowest BCUT2D eigenvalue weighted by molar-refractivity contribution is -0.120. The van der Waals surface area contributed by atoms with Gasteiger partial charge in [0, 0.05) is 12.1 Å². The third kappa shape index (κ3) is 3.27. The summed E-state index contributed by atoms with van der Waals surface area (Å²) in [6.45, 7) is 3.23. The fourth-order valence-corrected chi connectivity index (χ4v) is 1.47. The summed E-state index contributed by atoms with van der Waals surface area (Å²) in [5, 5.41) is 3.08. The minimum atomic E-state index is -0.988. The Morgan fingerprint density at radius 2 is 1.83 bits per heavy atom. The van der Waals surface area contributed by atoms with Gasteiger partial charge in [0.2, 0.25) is 5.91 Å². The Labute approximate surface area is 111 Å². The third-order valence-corrected chi connectivity index (χ3v) is 2.60. The fraction of sp³-hybridized carbons (Fsp3) is 0.417. The number of halogens is 1. The Kier molecular flexibility index (Phi) is 4.43. The molecule has 0 unspecified atom stereocenters. The van der Waals surface area contributed by atoms with Gasteiger partial charge in [-0.2, -0.15) is 0 Å². The number of methoxy groups -OCH3 is 2. The molecule has 3 N–H and O–H groups in total. The Morgan fingerprint density at radius 3 is 2.28 bits per heavy atom. The summed E-state index contributed by atoms with van der Waals surface area (Å²) in [5.41, 5.74) is 5.18. The summed E-state index contributed by atoms with van der Waals surface area (Å²) < 4.78 is 10.2. The first kappa shape index (κ1) is 14.6. The molecule has 0 aliphatic heterocycles. The monoisotopic (exact) mass is 272 g/mol. The Balaban J connectivity index is 3.11. The van der Waals surface area contributed by atoms with E-state index in [2.05, 4.69) is 5.32 Å². The van der Waals surface area contributed by atoms with Crippen LogP contribution in [0.3, 0.4) is 0 Å². The Morgan fingerprint density at radius 1 is 1.28 bits per heavy atom. The van der Waals surface area contributed by atoms with E-state index >= 15 is 0 Å². The van der Waals surface area contributed by atoms with Crippen molar-refractivity contribution < 1.29 is 14.3 Å². The largest absolute Gasteiger partial charge is 0.495 e. The topological polar surface area (TPSA) is 73.6 Å². The van der Waals surface area contributed by atoms with Crippen LogP contribution in [0.4, 0.5) is 5.69 Å². The first-order valence-electron chi connectivity index (χ1n) is 5.31. The van der Waals surface area contributed by atoms with Gasteiger partial charge in [-0.15, -0.1) is 0 Å². The van der Waals surface area contributed by atoms with Crippen LogP contribution in [0.1, 0.15) is 13.8 Å². The summed E-state index contributed by atoms with van der Waals surface area (Å²) in [6, 6.07) is 3.16. The maximum absolute atomic E-state index is 11.8. The molecule has 0 bridgehead atoms. The Hall–Kier alpha value is -1.46. The highest BCUT2D eigenvalue weighted by Crippen LogP contribution is 2.36. The van der Waals surface area contributed by atoms with Gasteiger partial charge in [-0.05, 0) is 13.8 Å². The van der Waals surface area contributed by atoms with Crippen LogP contribution in [0, 0.1) is 0 Å². The van der Waals surface area contributed by atoms with Gasteiger partial charge in [0.15, 0.2) is 0 Å². The number of nitrogens with one attached hydrogen (secondary N) is 1. The molecule has 1 aromatic rings. The number of amides is 1. The standard InChI is InChI=1S/C12H17ClN2O3/c1-12(2,14)11(16)15-8-6-9(17-3)7(13)5-10(8)18-4/h5-6H,14H2,1-4H3,(H,15,16). The number of carbonyl (C=O) groups excluding carboxylic acids is 1. The van der Waals surface area contributed by atoms with E-state index in [9.17, 15) is 4.79 Å². The second-order valence-corrected chi connectivity index (χ2v) is 4.77. The molecule has 0 aliphatic carbocycles. The number of hydrogen-bond acceptors (Lipinski definition) is 4. The Bertz CT molecular complexity index is 455. The van der Waals surface area contributed by atoms with E-state index in [1.165, 1.54) is 14.2 Å². The smallest absolute Gasteiger partial charge is 0.243 e. The van der Waals surface area contributed by atoms with Crippen LogP contribution < -0.4 is 20.5 Å². The van der Waals surface area contributed by atoms with Gasteiger partial charge in [-0.3, -0.25) is 4.79 Å². The molecule has 0 saturated heterocycles. The van der Waals surface area contributed by atoms with Gasteiger partial charge in [0.05, 0.1) is 30.5 Å². The first-order valence-corrected chi connectivity index (χ1v) is 5.69. The van der Waals surface area contributed by atoms with Gasteiger partial charge >= 0.3 is 0 Å². The zero-order valence-electron chi connectivity index (χ0n) is 10.8. The zero-order chi connectivity index (χ0) is 13.9. The number of hydrogen-bond donors (Lipinski definition) is 2. The second kappa shape index (κ2) is 5.46. The average Bonchev–Trinajstić information content (AvgIpc) is 2.29. The van der Waals surface area contributed by atoms with E-state index in [0.717, 1.165) is 0 Å². The minimum absolute atomic E-state index is 0.329. The molecule has 1 amide bonds. The second-order valence-electron chi connectivity index (χ2n) is 4.36. The van der Waals surface area contributed by atoms with E-state index < -0.39 is 5.54 Å². The van der Waals surface area contributed by atoms with Crippen LogP contribution in [0.2, 0.25) is 5.02 Å². The highest BCUT2D eigenvalue weighted by atomic mass is 35.5. The van der Waals surface area contributed by atoms with Gasteiger partial charge < -0.3 is 20.5 Å². The number of nitrogens with two attached hydrogens (primary N) is 1. The van der Waals surface area contributed by atoms with Gasteiger partial charge in [0.1, 0.15) is 11.5 Å². The molecule has 0 radical (unpaired) electrons. The molecule has 1 aromatic carbocycles. The number of ether oxygens (including phenoxy) is 2. The lowest BCUT2D eigenvalue weighted by Gasteiger charge is -2.19. The minimum Gasteiger partial charge on any atom is -0.495 e. The molecule has 0 atom stereocenters. The summed E-state index contributed by atoms with van der Waals surface area (Å²) in [6.07, 6.45) is 0. The number of carbonyl (C=O) groups is 1. The average molecular weight is 273 g/mol. The predicted octanol–water partition coefficient (Wildman–Crippen LogP) is 2.03. The van der Waals surface area contributed by atoms with Gasteiger partial charge in [-0.25, -0.2) is 0 Å². The van der Waals surface area contributed by atoms with Crippen molar-refractivity contribution in [3.63, 3.8) is 0 Å². The van der Waals surface area contributed by atoms with Crippen LogP contribution >= 0.6 is 11.6 Å². The third-order valence-electron chi connectivity index (χ3n) is 2.31.